The largest absolute Gasteiger partial charge is 0.354 e. The molecule has 2 aromatic carbocycles. The molecule has 0 spiro atoms. The number of amides is 2. The molecule has 4 nitrogen and oxygen atoms in total. The van der Waals surface area contributed by atoms with E-state index in [0.717, 1.165) is 17.5 Å². The summed E-state index contributed by atoms with van der Waals surface area (Å²) in [6, 6.07) is 16.4. The lowest BCUT2D eigenvalue weighted by atomic mass is 10.1. The molecule has 5 heteroatoms. The molecule has 1 unspecified atom stereocenters. The molecule has 138 valence electrons. The van der Waals surface area contributed by atoms with Gasteiger partial charge < -0.3 is 10.2 Å². The molecule has 0 bridgehead atoms. The van der Waals surface area contributed by atoms with Crippen LogP contribution >= 0.6 is 11.6 Å². The van der Waals surface area contributed by atoms with E-state index in [-0.39, 0.29) is 18.2 Å². The average molecular weight is 373 g/mol. The molecular weight excluding hydrogens is 348 g/mol. The van der Waals surface area contributed by atoms with Crippen molar-refractivity contribution in [1.29, 1.82) is 0 Å². The number of hydrogen-bond acceptors (Lipinski definition) is 2. The highest BCUT2D eigenvalue weighted by Gasteiger charge is 2.25. The van der Waals surface area contributed by atoms with E-state index in [9.17, 15) is 9.59 Å². The monoisotopic (exact) mass is 372 g/mol. The van der Waals surface area contributed by atoms with Crippen LogP contribution in [0.3, 0.4) is 0 Å². The zero-order valence-electron chi connectivity index (χ0n) is 15.2. The van der Waals surface area contributed by atoms with Gasteiger partial charge in [-0.3, -0.25) is 9.59 Å². The maximum Gasteiger partial charge on any atom is 0.242 e. The Morgan fingerprint density at radius 1 is 1.08 bits per heavy atom. The summed E-state index contributed by atoms with van der Waals surface area (Å²) in [5, 5.41) is 3.47. The van der Waals surface area contributed by atoms with Crippen LogP contribution in [0.15, 0.2) is 54.6 Å². The molecule has 2 aromatic rings. The molecule has 0 aromatic heterocycles. The van der Waals surface area contributed by atoms with Crippen molar-refractivity contribution >= 4 is 23.4 Å². The SMILES string of the molecule is CCCNC(=O)C(C)N(Cc1ccccc1)C(=O)Cc1cccc(Cl)c1. The molecule has 26 heavy (non-hydrogen) atoms. The van der Waals surface area contributed by atoms with Crippen LogP contribution < -0.4 is 5.32 Å². The summed E-state index contributed by atoms with van der Waals surface area (Å²) in [5.41, 5.74) is 1.82. The summed E-state index contributed by atoms with van der Waals surface area (Å²) in [6.07, 6.45) is 1.06. The standard InChI is InChI=1S/C21H25ClN2O2/c1-3-12-23-21(26)16(2)24(15-17-8-5-4-6-9-17)20(25)14-18-10-7-11-19(22)13-18/h4-11,13,16H,3,12,14-15H2,1-2H3,(H,23,26). The molecule has 0 radical (unpaired) electrons. The first kappa shape index (κ1) is 20.0. The van der Waals surface area contributed by atoms with Crippen molar-refractivity contribution in [2.75, 3.05) is 6.54 Å². The first-order valence-electron chi connectivity index (χ1n) is 8.86. The lowest BCUT2D eigenvalue weighted by Crippen LogP contribution is -2.48. The second-order valence-electron chi connectivity index (χ2n) is 6.28. The van der Waals surface area contributed by atoms with Crippen LogP contribution in [0.1, 0.15) is 31.4 Å². The summed E-state index contributed by atoms with van der Waals surface area (Å²) in [6.45, 7) is 4.76. The van der Waals surface area contributed by atoms with Gasteiger partial charge in [0.25, 0.3) is 0 Å². The molecule has 0 aliphatic carbocycles. The van der Waals surface area contributed by atoms with Crippen LogP contribution in [-0.2, 0) is 22.6 Å². The Bertz CT molecular complexity index is 734. The fourth-order valence-electron chi connectivity index (χ4n) is 2.68. The van der Waals surface area contributed by atoms with Crippen molar-refractivity contribution in [3.63, 3.8) is 0 Å². The molecule has 0 heterocycles. The molecule has 2 amide bonds. The molecular formula is C21H25ClN2O2. The third kappa shape index (κ3) is 5.88. The van der Waals surface area contributed by atoms with Crippen LogP contribution in [0.4, 0.5) is 0 Å². The molecule has 0 fully saturated rings. The highest BCUT2D eigenvalue weighted by atomic mass is 35.5. The predicted octanol–water partition coefficient (Wildman–Crippen LogP) is 3.83. The predicted molar refractivity (Wildman–Crippen MR) is 105 cm³/mol. The molecule has 0 aliphatic rings. The van der Waals surface area contributed by atoms with E-state index in [1.54, 1.807) is 24.0 Å². The molecule has 0 saturated heterocycles. The zero-order chi connectivity index (χ0) is 18.9. The smallest absolute Gasteiger partial charge is 0.242 e. The lowest BCUT2D eigenvalue weighted by Gasteiger charge is -2.29. The quantitative estimate of drug-likeness (QED) is 0.765. The molecule has 0 saturated carbocycles. The summed E-state index contributed by atoms with van der Waals surface area (Å²) < 4.78 is 0. The van der Waals surface area contributed by atoms with Gasteiger partial charge in [-0.1, -0.05) is 61.0 Å². The first-order valence-corrected chi connectivity index (χ1v) is 9.24. The minimum absolute atomic E-state index is 0.102. The minimum atomic E-state index is -0.548. The average Bonchev–Trinajstić information content (AvgIpc) is 2.64. The second kappa shape index (κ2) is 9.97. The summed E-state index contributed by atoms with van der Waals surface area (Å²) in [5.74, 6) is -0.238. The molecule has 1 N–H and O–H groups in total. The maximum absolute atomic E-state index is 13.0. The number of rotatable bonds is 8. The van der Waals surface area contributed by atoms with Crippen molar-refractivity contribution in [3.05, 3.63) is 70.7 Å². The van der Waals surface area contributed by atoms with E-state index in [0.29, 0.717) is 18.1 Å². The van der Waals surface area contributed by atoms with Gasteiger partial charge >= 0.3 is 0 Å². The van der Waals surface area contributed by atoms with E-state index in [2.05, 4.69) is 5.32 Å². The van der Waals surface area contributed by atoms with Gasteiger partial charge in [-0.25, -0.2) is 0 Å². The summed E-state index contributed by atoms with van der Waals surface area (Å²) >= 11 is 6.02. The van der Waals surface area contributed by atoms with E-state index in [1.165, 1.54) is 0 Å². The van der Waals surface area contributed by atoms with Gasteiger partial charge in [0, 0.05) is 18.1 Å². The van der Waals surface area contributed by atoms with E-state index < -0.39 is 6.04 Å². The van der Waals surface area contributed by atoms with Crippen molar-refractivity contribution in [1.82, 2.24) is 10.2 Å². The van der Waals surface area contributed by atoms with E-state index >= 15 is 0 Å². The topological polar surface area (TPSA) is 49.4 Å². The zero-order valence-corrected chi connectivity index (χ0v) is 16.0. The fourth-order valence-corrected chi connectivity index (χ4v) is 2.89. The van der Waals surface area contributed by atoms with Crippen molar-refractivity contribution in [3.8, 4) is 0 Å². The number of halogens is 1. The molecule has 1 atom stereocenters. The van der Waals surface area contributed by atoms with Gasteiger partial charge in [-0.2, -0.15) is 0 Å². The van der Waals surface area contributed by atoms with Gasteiger partial charge in [0.2, 0.25) is 11.8 Å². The van der Waals surface area contributed by atoms with E-state index in [1.807, 2.05) is 49.4 Å². The first-order chi connectivity index (χ1) is 12.5. The van der Waals surface area contributed by atoms with Crippen LogP contribution in [0, 0.1) is 0 Å². The highest BCUT2D eigenvalue weighted by Crippen LogP contribution is 2.15. The van der Waals surface area contributed by atoms with Crippen LogP contribution in [0.5, 0.6) is 0 Å². The van der Waals surface area contributed by atoms with Gasteiger partial charge in [0.05, 0.1) is 6.42 Å². The Hall–Kier alpha value is -2.33. The highest BCUT2D eigenvalue weighted by molar-refractivity contribution is 6.30. The summed E-state index contributed by atoms with van der Waals surface area (Å²) in [7, 11) is 0. The summed E-state index contributed by atoms with van der Waals surface area (Å²) in [4.78, 5) is 27.0. The van der Waals surface area contributed by atoms with Gasteiger partial charge in [0.15, 0.2) is 0 Å². The fraction of sp³-hybridized carbons (Fsp3) is 0.333. The number of benzene rings is 2. The van der Waals surface area contributed by atoms with Gasteiger partial charge in [0.1, 0.15) is 6.04 Å². The number of hydrogen-bond donors (Lipinski definition) is 1. The number of carbonyl (C=O) groups excluding carboxylic acids is 2. The van der Waals surface area contributed by atoms with Crippen molar-refractivity contribution in [2.24, 2.45) is 0 Å². The Morgan fingerprint density at radius 3 is 2.42 bits per heavy atom. The van der Waals surface area contributed by atoms with Gasteiger partial charge in [-0.15, -0.1) is 0 Å². The third-order valence-corrected chi connectivity index (χ3v) is 4.39. The number of carbonyl (C=O) groups is 2. The third-order valence-electron chi connectivity index (χ3n) is 4.16. The Labute approximate surface area is 160 Å². The van der Waals surface area contributed by atoms with Gasteiger partial charge in [-0.05, 0) is 36.6 Å². The maximum atomic E-state index is 13.0. The van der Waals surface area contributed by atoms with Crippen LogP contribution in [0.2, 0.25) is 5.02 Å². The van der Waals surface area contributed by atoms with Crippen molar-refractivity contribution in [2.45, 2.75) is 39.3 Å². The number of nitrogens with one attached hydrogen (secondary N) is 1. The normalized spacial score (nSPS) is 11.7. The second-order valence-corrected chi connectivity index (χ2v) is 6.72. The molecule has 2 rings (SSSR count). The van der Waals surface area contributed by atoms with E-state index in [4.69, 9.17) is 11.6 Å². The lowest BCUT2D eigenvalue weighted by molar-refractivity contribution is -0.140. The van der Waals surface area contributed by atoms with Crippen LogP contribution in [-0.4, -0.2) is 29.3 Å². The Kier molecular flexibility index (Phi) is 7.67. The number of nitrogens with zero attached hydrogens (tertiary/aromatic N) is 1. The Balaban J connectivity index is 2.18. The Morgan fingerprint density at radius 2 is 1.77 bits per heavy atom. The minimum Gasteiger partial charge on any atom is -0.354 e. The molecule has 0 aliphatic heterocycles. The van der Waals surface area contributed by atoms with Crippen LogP contribution in [0.25, 0.3) is 0 Å². The van der Waals surface area contributed by atoms with Crippen molar-refractivity contribution < 1.29 is 9.59 Å².